The number of benzene rings is 2. The van der Waals surface area contributed by atoms with Gasteiger partial charge in [0.15, 0.2) is 5.11 Å². The summed E-state index contributed by atoms with van der Waals surface area (Å²) in [6.45, 7) is 7.99. The number of anilines is 1. The zero-order valence-electron chi connectivity index (χ0n) is 22.0. The number of likely N-dealkylation sites (N-methyl/N-ethyl adjacent to an activating group) is 1. The van der Waals surface area contributed by atoms with Crippen molar-refractivity contribution in [2.45, 2.75) is 44.1 Å². The van der Waals surface area contributed by atoms with E-state index in [1.807, 2.05) is 0 Å². The minimum atomic E-state index is -0.374. The van der Waals surface area contributed by atoms with Gasteiger partial charge in [0.2, 0.25) is 0 Å². The number of fused-ring (bicyclic) bond motifs is 1. The van der Waals surface area contributed by atoms with Crippen LogP contribution in [0.15, 0.2) is 40.9 Å². The smallest absolute Gasteiger partial charge is 0.293 e. The van der Waals surface area contributed by atoms with Crippen LogP contribution in [0.5, 0.6) is 0 Å². The highest BCUT2D eigenvalue weighted by Gasteiger charge is 2.63. The lowest BCUT2D eigenvalue weighted by molar-refractivity contribution is -0.383. The molecule has 204 valence electrons. The number of nitro groups is 1. The van der Waals surface area contributed by atoms with Gasteiger partial charge in [-0.3, -0.25) is 10.1 Å². The highest BCUT2D eigenvalue weighted by atomic mass is 79.9. The van der Waals surface area contributed by atoms with E-state index in [-0.39, 0.29) is 16.0 Å². The fourth-order valence-corrected chi connectivity index (χ4v) is 7.34. The second-order valence-electron chi connectivity index (χ2n) is 11.1. The topological polar surface area (TPSA) is 64.9 Å². The van der Waals surface area contributed by atoms with Gasteiger partial charge in [-0.15, -0.1) is 0 Å². The molecule has 0 bridgehead atoms. The van der Waals surface area contributed by atoms with Crippen LogP contribution in [-0.4, -0.2) is 77.1 Å². The van der Waals surface area contributed by atoms with Gasteiger partial charge in [-0.05, 0) is 93.7 Å². The predicted octanol–water partition coefficient (Wildman–Crippen LogP) is 6.08. The fourth-order valence-electron chi connectivity index (χ4n) is 6.44. The van der Waals surface area contributed by atoms with Gasteiger partial charge in [0.05, 0.1) is 4.92 Å². The second-order valence-corrected chi connectivity index (χ2v) is 12.8. The molecule has 2 aromatic rings. The Labute approximate surface area is 243 Å². The summed E-state index contributed by atoms with van der Waals surface area (Å²) in [6.07, 6.45) is 4.34. The van der Waals surface area contributed by atoms with Gasteiger partial charge in [0.1, 0.15) is 5.69 Å². The van der Waals surface area contributed by atoms with Gasteiger partial charge in [-0.2, -0.15) is 0 Å². The summed E-state index contributed by atoms with van der Waals surface area (Å²) in [5.41, 5.74) is 2.63. The van der Waals surface area contributed by atoms with Crippen molar-refractivity contribution in [2.75, 3.05) is 51.6 Å². The summed E-state index contributed by atoms with van der Waals surface area (Å²) >= 11 is 16.0. The van der Waals surface area contributed by atoms with E-state index in [4.69, 9.17) is 23.8 Å². The maximum atomic E-state index is 11.8. The zero-order valence-corrected chi connectivity index (χ0v) is 25.1. The minimum Gasteiger partial charge on any atom is -0.346 e. The van der Waals surface area contributed by atoms with E-state index in [2.05, 4.69) is 67.3 Å². The Morgan fingerprint density at radius 1 is 1.29 bits per heavy atom. The van der Waals surface area contributed by atoms with E-state index < -0.39 is 0 Å². The third-order valence-electron chi connectivity index (χ3n) is 8.73. The van der Waals surface area contributed by atoms with Crippen molar-refractivity contribution in [2.24, 2.45) is 5.92 Å². The van der Waals surface area contributed by atoms with Crippen LogP contribution < -0.4 is 5.32 Å². The van der Waals surface area contributed by atoms with Crippen LogP contribution in [0.1, 0.15) is 36.8 Å². The monoisotopic (exact) mass is 619 g/mol. The van der Waals surface area contributed by atoms with Crippen molar-refractivity contribution in [3.8, 4) is 0 Å². The molecule has 1 heterocycles. The summed E-state index contributed by atoms with van der Waals surface area (Å²) in [5.74, 6) is 0.525. The molecule has 0 amide bonds. The van der Waals surface area contributed by atoms with Crippen LogP contribution in [0, 0.1) is 23.0 Å². The summed E-state index contributed by atoms with van der Waals surface area (Å²) in [4.78, 5) is 18.6. The summed E-state index contributed by atoms with van der Waals surface area (Å²) in [6, 6.07) is 12.2. The molecule has 1 unspecified atom stereocenters. The Morgan fingerprint density at radius 2 is 2.05 bits per heavy atom. The number of aryl methyl sites for hydroxylation is 1. The lowest BCUT2D eigenvalue weighted by Gasteiger charge is -2.35. The molecular formula is C28H35BrClN5O2S. The molecule has 2 saturated carbocycles. The lowest BCUT2D eigenvalue weighted by atomic mass is 9.93. The fraction of sp³-hybridized carbons (Fsp3) is 0.536. The van der Waals surface area contributed by atoms with E-state index in [9.17, 15) is 10.1 Å². The van der Waals surface area contributed by atoms with Gasteiger partial charge in [0, 0.05) is 59.7 Å². The van der Waals surface area contributed by atoms with Crippen LogP contribution in [0.3, 0.4) is 0 Å². The summed E-state index contributed by atoms with van der Waals surface area (Å²) in [7, 11) is 2.17. The Kier molecular flexibility index (Phi) is 8.31. The molecule has 7 nitrogen and oxygen atoms in total. The Bertz CT molecular complexity index is 1220. The number of hydrogen-bond acceptors (Lipinski definition) is 5. The van der Waals surface area contributed by atoms with E-state index in [0.29, 0.717) is 33.3 Å². The molecule has 1 N–H and O–H groups in total. The standard InChI is InChI=1S/C28H35BrClN5O2S/c1-19-15-26(35(36)37)24(17-23(19)30)31-27(38)34(10-4-9-33-13-11-32(2)12-14-33)25-7-8-28(18-22(25)28)20-5-3-6-21(29)16-20/h3,5-6,15-17,22,25H,4,7-14,18H2,1-2H3,(H,31,38)/t22-,25?,28-/m1/s1. The lowest BCUT2D eigenvalue weighted by Crippen LogP contribution is -2.47. The Morgan fingerprint density at radius 3 is 2.74 bits per heavy atom. The van der Waals surface area contributed by atoms with E-state index in [1.165, 1.54) is 11.6 Å². The highest BCUT2D eigenvalue weighted by Crippen LogP contribution is 2.65. The van der Waals surface area contributed by atoms with Crippen molar-refractivity contribution in [1.82, 2.24) is 14.7 Å². The van der Waals surface area contributed by atoms with Crippen LogP contribution in [0.2, 0.25) is 5.02 Å². The number of rotatable bonds is 8. The van der Waals surface area contributed by atoms with Crippen LogP contribution >= 0.6 is 39.7 Å². The van der Waals surface area contributed by atoms with Gasteiger partial charge >= 0.3 is 0 Å². The molecule has 0 radical (unpaired) electrons. The molecule has 10 heteroatoms. The molecule has 3 aliphatic rings. The number of nitro benzene ring substituents is 1. The molecule has 38 heavy (non-hydrogen) atoms. The largest absolute Gasteiger partial charge is 0.346 e. The molecule has 0 aromatic heterocycles. The molecular weight excluding hydrogens is 586 g/mol. The number of halogens is 2. The van der Waals surface area contributed by atoms with Crippen molar-refractivity contribution in [1.29, 1.82) is 0 Å². The Hall–Kier alpha value is -1.78. The molecule has 2 aliphatic carbocycles. The molecule has 3 fully saturated rings. The number of hydrogen-bond donors (Lipinski definition) is 1. The van der Waals surface area contributed by atoms with Gasteiger partial charge in [0.25, 0.3) is 5.69 Å². The first kappa shape index (κ1) is 27.8. The summed E-state index contributed by atoms with van der Waals surface area (Å²) < 4.78 is 1.11. The molecule has 0 spiro atoms. The van der Waals surface area contributed by atoms with Crippen molar-refractivity contribution in [3.05, 3.63) is 67.1 Å². The summed E-state index contributed by atoms with van der Waals surface area (Å²) in [5, 5.41) is 16.1. The molecule has 1 saturated heterocycles. The van der Waals surface area contributed by atoms with Gasteiger partial charge < -0.3 is 20.0 Å². The maximum absolute atomic E-state index is 11.8. The average Bonchev–Trinajstić information content (AvgIpc) is 3.51. The van der Waals surface area contributed by atoms with Crippen molar-refractivity contribution >= 4 is 56.2 Å². The number of nitrogens with one attached hydrogen (secondary N) is 1. The van der Waals surface area contributed by atoms with Gasteiger partial charge in [-0.25, -0.2) is 0 Å². The Balaban J connectivity index is 1.34. The molecule has 1 aliphatic heterocycles. The second kappa shape index (κ2) is 11.4. The first-order chi connectivity index (χ1) is 18.2. The van der Waals surface area contributed by atoms with Crippen molar-refractivity contribution < 1.29 is 4.92 Å². The van der Waals surface area contributed by atoms with Crippen LogP contribution in [0.4, 0.5) is 11.4 Å². The van der Waals surface area contributed by atoms with Crippen LogP contribution in [-0.2, 0) is 5.41 Å². The third kappa shape index (κ3) is 5.72. The van der Waals surface area contributed by atoms with E-state index >= 15 is 0 Å². The maximum Gasteiger partial charge on any atom is 0.293 e. The predicted molar refractivity (Wildman–Crippen MR) is 161 cm³/mol. The van der Waals surface area contributed by atoms with E-state index in [0.717, 1.165) is 69.4 Å². The van der Waals surface area contributed by atoms with Gasteiger partial charge in [-0.1, -0.05) is 39.7 Å². The highest BCUT2D eigenvalue weighted by molar-refractivity contribution is 9.10. The minimum absolute atomic E-state index is 0.00652. The normalized spacial score (nSPS) is 25.2. The first-order valence-corrected chi connectivity index (χ1v) is 14.9. The molecule has 5 rings (SSSR count). The molecule has 2 aromatic carbocycles. The third-order valence-corrected chi connectivity index (χ3v) is 9.97. The zero-order chi connectivity index (χ0) is 27.0. The first-order valence-electron chi connectivity index (χ1n) is 13.4. The number of piperazine rings is 1. The quantitative estimate of drug-likeness (QED) is 0.218. The number of nitrogens with zero attached hydrogens (tertiary/aromatic N) is 4. The van der Waals surface area contributed by atoms with E-state index in [1.54, 1.807) is 13.0 Å². The molecule has 3 atom stereocenters. The average molecular weight is 621 g/mol. The SMILES string of the molecule is Cc1cc([N+](=O)[O-])c(NC(=S)N(CCCN2CCN(C)CC2)C2CC[C@]3(c4cccc(Br)c4)C[C@H]23)cc1Cl. The van der Waals surface area contributed by atoms with Crippen molar-refractivity contribution in [3.63, 3.8) is 0 Å². The van der Waals surface area contributed by atoms with Crippen LogP contribution in [0.25, 0.3) is 0 Å². The number of thiocarbonyl (C=S) groups is 1.